The summed E-state index contributed by atoms with van der Waals surface area (Å²) in [5, 5.41) is 2.36. The van der Waals surface area contributed by atoms with Gasteiger partial charge in [-0.25, -0.2) is 8.42 Å². The van der Waals surface area contributed by atoms with Crippen molar-refractivity contribution in [3.05, 3.63) is 29.8 Å². The number of hydrogen-bond donors (Lipinski definition) is 2. The molecule has 2 rings (SSSR count). The Kier molecular flexibility index (Phi) is 5.61. The molecule has 2 amide bonds. The molecule has 1 aliphatic rings. The fourth-order valence-corrected chi connectivity index (χ4v) is 4.68. The van der Waals surface area contributed by atoms with Crippen molar-refractivity contribution in [3.63, 3.8) is 0 Å². The van der Waals surface area contributed by atoms with Gasteiger partial charge in [-0.3, -0.25) is 9.59 Å². The fraction of sp³-hybridized carbons (Fsp3) is 0.500. The van der Waals surface area contributed by atoms with Gasteiger partial charge in [0.25, 0.3) is 5.91 Å². The number of piperidine rings is 1. The molecule has 0 spiro atoms. The van der Waals surface area contributed by atoms with Crippen LogP contribution in [0.5, 0.6) is 0 Å². The molecule has 1 aromatic rings. The second kappa shape index (κ2) is 7.31. The SMILES string of the molecule is C[C@@H]1C[C@H](C)CN(S(=O)(=O)c2ccc(C(=O)NCC(N)=O)cc2)C1. The Labute approximate surface area is 142 Å². The summed E-state index contributed by atoms with van der Waals surface area (Å²) in [6, 6.07) is 5.69. The third-order valence-electron chi connectivity index (χ3n) is 4.01. The maximum absolute atomic E-state index is 12.7. The molecule has 8 heteroatoms. The van der Waals surface area contributed by atoms with Crippen LogP contribution in [0.2, 0.25) is 0 Å². The summed E-state index contributed by atoms with van der Waals surface area (Å²) in [6.07, 6.45) is 1.02. The summed E-state index contributed by atoms with van der Waals surface area (Å²) in [4.78, 5) is 22.7. The Morgan fingerprint density at radius 3 is 2.21 bits per heavy atom. The zero-order valence-corrected chi connectivity index (χ0v) is 14.7. The maximum Gasteiger partial charge on any atom is 0.251 e. The van der Waals surface area contributed by atoms with Gasteiger partial charge in [0.2, 0.25) is 15.9 Å². The Hall–Kier alpha value is -1.93. The summed E-state index contributed by atoms with van der Waals surface area (Å²) in [7, 11) is -3.57. The summed E-state index contributed by atoms with van der Waals surface area (Å²) in [5.41, 5.74) is 5.24. The highest BCUT2D eigenvalue weighted by Gasteiger charge is 2.31. The molecule has 0 saturated carbocycles. The quantitative estimate of drug-likeness (QED) is 0.806. The highest BCUT2D eigenvalue weighted by molar-refractivity contribution is 7.89. The Morgan fingerprint density at radius 1 is 1.17 bits per heavy atom. The molecule has 24 heavy (non-hydrogen) atoms. The first kappa shape index (κ1) is 18.4. The Balaban J connectivity index is 2.14. The summed E-state index contributed by atoms with van der Waals surface area (Å²) < 4.78 is 27.0. The van der Waals surface area contributed by atoms with Gasteiger partial charge in [-0.2, -0.15) is 4.31 Å². The highest BCUT2D eigenvalue weighted by Crippen LogP contribution is 2.26. The fourth-order valence-electron chi connectivity index (χ4n) is 3.00. The minimum absolute atomic E-state index is 0.162. The van der Waals surface area contributed by atoms with Gasteiger partial charge in [0.05, 0.1) is 11.4 Å². The van der Waals surface area contributed by atoms with E-state index in [-0.39, 0.29) is 17.0 Å². The van der Waals surface area contributed by atoms with E-state index >= 15 is 0 Å². The van der Waals surface area contributed by atoms with Crippen molar-refractivity contribution < 1.29 is 18.0 Å². The van der Waals surface area contributed by atoms with E-state index in [1.54, 1.807) is 0 Å². The van der Waals surface area contributed by atoms with E-state index in [1.165, 1.54) is 28.6 Å². The topological polar surface area (TPSA) is 110 Å². The van der Waals surface area contributed by atoms with Crippen molar-refractivity contribution in [2.24, 2.45) is 17.6 Å². The molecule has 0 aliphatic carbocycles. The van der Waals surface area contributed by atoms with Gasteiger partial charge >= 0.3 is 0 Å². The van der Waals surface area contributed by atoms with Crippen LogP contribution in [-0.4, -0.2) is 44.2 Å². The van der Waals surface area contributed by atoms with Crippen LogP contribution >= 0.6 is 0 Å². The molecule has 0 unspecified atom stereocenters. The number of hydrogen-bond acceptors (Lipinski definition) is 4. The van der Waals surface area contributed by atoms with E-state index in [0.29, 0.717) is 24.9 Å². The molecular weight excluding hydrogens is 330 g/mol. The number of nitrogens with one attached hydrogen (secondary N) is 1. The minimum atomic E-state index is -3.57. The average Bonchev–Trinajstić information content (AvgIpc) is 2.51. The predicted molar refractivity (Wildman–Crippen MR) is 89.7 cm³/mol. The van der Waals surface area contributed by atoms with Gasteiger partial charge in [0.15, 0.2) is 0 Å². The second-order valence-electron chi connectivity index (χ2n) is 6.44. The molecule has 0 radical (unpaired) electrons. The first-order chi connectivity index (χ1) is 11.2. The second-order valence-corrected chi connectivity index (χ2v) is 8.38. The molecule has 1 aromatic carbocycles. The largest absolute Gasteiger partial charge is 0.368 e. The highest BCUT2D eigenvalue weighted by atomic mass is 32.2. The van der Waals surface area contributed by atoms with Crippen molar-refractivity contribution in [3.8, 4) is 0 Å². The summed E-state index contributed by atoms with van der Waals surface area (Å²) in [6.45, 7) is 4.85. The van der Waals surface area contributed by atoms with Gasteiger partial charge in [-0.15, -0.1) is 0 Å². The monoisotopic (exact) mass is 353 g/mol. The van der Waals surface area contributed by atoms with Crippen LogP contribution in [-0.2, 0) is 14.8 Å². The zero-order chi connectivity index (χ0) is 17.9. The number of amides is 2. The molecule has 1 saturated heterocycles. The van der Waals surface area contributed by atoms with E-state index in [4.69, 9.17) is 5.73 Å². The summed E-state index contributed by atoms with van der Waals surface area (Å²) in [5.74, 6) is -0.474. The van der Waals surface area contributed by atoms with Crippen LogP contribution in [0, 0.1) is 11.8 Å². The first-order valence-electron chi connectivity index (χ1n) is 7.87. The van der Waals surface area contributed by atoms with Gasteiger partial charge in [0, 0.05) is 18.7 Å². The van der Waals surface area contributed by atoms with E-state index in [9.17, 15) is 18.0 Å². The predicted octanol–water partition coefficient (Wildman–Crippen LogP) is 0.568. The summed E-state index contributed by atoms with van der Waals surface area (Å²) >= 11 is 0. The lowest BCUT2D eigenvalue weighted by atomic mass is 9.94. The number of rotatable bonds is 5. The van der Waals surface area contributed by atoms with Crippen molar-refractivity contribution >= 4 is 21.8 Å². The maximum atomic E-state index is 12.7. The number of primary amides is 1. The lowest BCUT2D eigenvalue weighted by Crippen LogP contribution is -2.42. The number of carbonyl (C=O) groups excluding carboxylic acids is 2. The molecule has 3 N–H and O–H groups in total. The van der Waals surface area contributed by atoms with Crippen LogP contribution in [0.4, 0.5) is 0 Å². The van der Waals surface area contributed by atoms with Gasteiger partial charge in [-0.05, 0) is 42.5 Å². The zero-order valence-electron chi connectivity index (χ0n) is 13.9. The molecule has 0 aromatic heterocycles. The van der Waals surface area contributed by atoms with E-state index in [1.807, 2.05) is 13.8 Å². The average molecular weight is 353 g/mol. The molecule has 1 aliphatic heterocycles. The smallest absolute Gasteiger partial charge is 0.251 e. The molecule has 7 nitrogen and oxygen atoms in total. The van der Waals surface area contributed by atoms with E-state index in [2.05, 4.69) is 5.32 Å². The van der Waals surface area contributed by atoms with Crippen LogP contribution in [0.15, 0.2) is 29.2 Å². The molecule has 1 fully saturated rings. The van der Waals surface area contributed by atoms with Crippen LogP contribution < -0.4 is 11.1 Å². The van der Waals surface area contributed by atoms with Gasteiger partial charge < -0.3 is 11.1 Å². The number of nitrogens with two attached hydrogens (primary N) is 1. The van der Waals surface area contributed by atoms with Crippen molar-refractivity contribution in [1.29, 1.82) is 0 Å². The minimum Gasteiger partial charge on any atom is -0.368 e. The molecular formula is C16H23N3O4S. The molecule has 132 valence electrons. The first-order valence-corrected chi connectivity index (χ1v) is 9.31. The van der Waals surface area contributed by atoms with Crippen molar-refractivity contribution in [1.82, 2.24) is 9.62 Å². The van der Waals surface area contributed by atoms with Crippen molar-refractivity contribution in [2.45, 2.75) is 25.2 Å². The lowest BCUT2D eigenvalue weighted by molar-refractivity contribution is -0.117. The third kappa shape index (κ3) is 4.33. The third-order valence-corrected chi connectivity index (χ3v) is 5.86. The van der Waals surface area contributed by atoms with Crippen LogP contribution in [0.1, 0.15) is 30.6 Å². The number of sulfonamides is 1. The van der Waals surface area contributed by atoms with E-state index < -0.39 is 21.8 Å². The number of benzene rings is 1. The molecule has 0 bridgehead atoms. The molecule has 1 heterocycles. The lowest BCUT2D eigenvalue weighted by Gasteiger charge is -2.34. The van der Waals surface area contributed by atoms with Gasteiger partial charge in [0.1, 0.15) is 0 Å². The molecule has 2 atom stereocenters. The standard InChI is InChI=1S/C16H23N3O4S/c1-11-7-12(2)10-19(9-11)24(22,23)14-5-3-13(4-6-14)16(21)18-8-15(17)20/h3-6,11-12H,7-10H2,1-2H3,(H2,17,20)(H,18,21)/t11-,12+. The number of nitrogens with zero attached hydrogens (tertiary/aromatic N) is 1. The Bertz CT molecular complexity index is 705. The number of carbonyl (C=O) groups is 2. The van der Waals surface area contributed by atoms with Crippen molar-refractivity contribution in [2.75, 3.05) is 19.6 Å². The van der Waals surface area contributed by atoms with Crippen LogP contribution in [0.25, 0.3) is 0 Å². The van der Waals surface area contributed by atoms with Gasteiger partial charge in [-0.1, -0.05) is 13.8 Å². The van der Waals surface area contributed by atoms with Crippen LogP contribution in [0.3, 0.4) is 0 Å². The van der Waals surface area contributed by atoms with E-state index in [0.717, 1.165) is 6.42 Å². The Morgan fingerprint density at radius 2 is 1.71 bits per heavy atom. The normalized spacial score (nSPS) is 22.1.